The van der Waals surface area contributed by atoms with Gasteiger partial charge in [0.1, 0.15) is 5.52 Å². The van der Waals surface area contributed by atoms with E-state index in [0.29, 0.717) is 27.3 Å². The zero-order valence-corrected chi connectivity index (χ0v) is 19.3. The van der Waals surface area contributed by atoms with Gasteiger partial charge in [0, 0.05) is 28.6 Å². The maximum Gasteiger partial charge on any atom is 0.261 e. The zero-order valence-electron chi connectivity index (χ0n) is 18.5. The van der Waals surface area contributed by atoms with Gasteiger partial charge in [-0.05, 0) is 31.7 Å². The number of nitrogens with one attached hydrogen (secondary N) is 2. The fourth-order valence-electron chi connectivity index (χ4n) is 4.43. The van der Waals surface area contributed by atoms with Crippen LogP contribution in [0.25, 0.3) is 22.4 Å². The highest BCUT2D eigenvalue weighted by Crippen LogP contribution is 2.39. The van der Waals surface area contributed by atoms with E-state index in [4.69, 9.17) is 4.98 Å². The molecule has 3 heterocycles. The van der Waals surface area contributed by atoms with E-state index in [9.17, 15) is 9.59 Å². The minimum absolute atomic E-state index is 0.0540. The molecule has 0 aliphatic heterocycles. The Kier molecular flexibility index (Phi) is 6.23. The maximum absolute atomic E-state index is 13.4. The predicted molar refractivity (Wildman–Crippen MR) is 125 cm³/mol. The van der Waals surface area contributed by atoms with Crippen LogP contribution in [0.2, 0.25) is 0 Å². The Bertz CT molecular complexity index is 1090. The Morgan fingerprint density at radius 1 is 1.23 bits per heavy atom. The molecule has 0 spiro atoms. The van der Waals surface area contributed by atoms with Gasteiger partial charge in [-0.15, -0.1) is 11.3 Å². The number of nitrogens with zero attached hydrogens (tertiary/aromatic N) is 2. The first kappa shape index (κ1) is 21.7. The Hall–Kier alpha value is -2.54. The smallest absolute Gasteiger partial charge is 0.261 e. The number of rotatable bonds is 7. The second-order valence-electron chi connectivity index (χ2n) is 8.79. The zero-order chi connectivity index (χ0) is 22.0. The molecule has 0 saturated heterocycles. The third-order valence-electron chi connectivity index (χ3n) is 6.57. The minimum Gasteiger partial charge on any atom is -0.349 e. The van der Waals surface area contributed by atoms with Gasteiger partial charge in [-0.25, -0.2) is 9.97 Å². The van der Waals surface area contributed by atoms with Crippen molar-refractivity contribution < 1.29 is 9.59 Å². The molecule has 4 rings (SSSR count). The van der Waals surface area contributed by atoms with Crippen LogP contribution in [-0.4, -0.2) is 32.7 Å². The van der Waals surface area contributed by atoms with E-state index in [0.717, 1.165) is 44.1 Å². The number of hydrogen-bond acceptors (Lipinski definition) is 5. The second-order valence-corrected chi connectivity index (χ2v) is 9.70. The normalized spacial score (nSPS) is 16.0. The lowest BCUT2D eigenvalue weighted by Gasteiger charge is -2.31. The third kappa shape index (κ3) is 4.28. The van der Waals surface area contributed by atoms with Gasteiger partial charge >= 0.3 is 0 Å². The highest BCUT2D eigenvalue weighted by molar-refractivity contribution is 7.12. The van der Waals surface area contributed by atoms with Crippen molar-refractivity contribution in [2.24, 2.45) is 5.41 Å². The molecule has 31 heavy (non-hydrogen) atoms. The summed E-state index contributed by atoms with van der Waals surface area (Å²) in [5.41, 5.74) is 3.05. The largest absolute Gasteiger partial charge is 0.349 e. The molecule has 1 aliphatic rings. The van der Waals surface area contributed by atoms with E-state index < -0.39 is 0 Å². The van der Waals surface area contributed by atoms with Gasteiger partial charge in [0.15, 0.2) is 11.4 Å². The second kappa shape index (κ2) is 8.91. The van der Waals surface area contributed by atoms with Crippen molar-refractivity contribution in [1.82, 2.24) is 20.3 Å². The number of fused-ring (bicyclic) bond motifs is 1. The number of H-pyrrole nitrogens is 1. The van der Waals surface area contributed by atoms with Crippen molar-refractivity contribution in [2.75, 3.05) is 0 Å². The summed E-state index contributed by atoms with van der Waals surface area (Å²) in [5, 5.41) is 5.00. The molecule has 0 radical (unpaired) electrons. The number of aromatic nitrogens is 3. The van der Waals surface area contributed by atoms with E-state index in [1.54, 1.807) is 12.4 Å². The lowest BCUT2D eigenvalue weighted by atomic mass is 9.71. The van der Waals surface area contributed by atoms with Crippen LogP contribution < -0.4 is 5.32 Å². The molecule has 0 bridgehead atoms. The number of ketones is 1. The van der Waals surface area contributed by atoms with Crippen molar-refractivity contribution in [3.05, 3.63) is 34.3 Å². The van der Waals surface area contributed by atoms with Gasteiger partial charge in [0.05, 0.1) is 22.3 Å². The van der Waals surface area contributed by atoms with Crippen LogP contribution in [0.15, 0.2) is 23.8 Å². The average Bonchev–Trinajstić information content (AvgIpc) is 3.44. The van der Waals surface area contributed by atoms with Gasteiger partial charge in [-0.1, -0.05) is 40.0 Å². The topological polar surface area (TPSA) is 87.7 Å². The Balaban J connectivity index is 1.61. The molecule has 2 N–H and O–H groups in total. The molecule has 1 amide bonds. The highest BCUT2D eigenvalue weighted by Gasteiger charge is 2.36. The van der Waals surface area contributed by atoms with E-state index >= 15 is 0 Å². The van der Waals surface area contributed by atoms with Crippen molar-refractivity contribution in [3.63, 3.8) is 0 Å². The molecule has 7 heteroatoms. The van der Waals surface area contributed by atoms with Crippen molar-refractivity contribution >= 4 is 34.2 Å². The molecule has 1 saturated carbocycles. The molecule has 3 aromatic rings. The van der Waals surface area contributed by atoms with Gasteiger partial charge in [-0.3, -0.25) is 9.59 Å². The monoisotopic (exact) mass is 438 g/mol. The van der Waals surface area contributed by atoms with Crippen LogP contribution in [0.3, 0.4) is 0 Å². The highest BCUT2D eigenvalue weighted by atomic mass is 32.1. The first-order valence-electron chi connectivity index (χ1n) is 11.2. The summed E-state index contributed by atoms with van der Waals surface area (Å²) in [7, 11) is 0. The molecule has 0 aromatic carbocycles. The van der Waals surface area contributed by atoms with Crippen LogP contribution >= 0.6 is 11.3 Å². The van der Waals surface area contributed by atoms with Crippen LogP contribution in [0, 0.1) is 5.41 Å². The molecule has 0 atom stereocenters. The Morgan fingerprint density at radius 2 is 1.97 bits per heavy atom. The average molecular weight is 439 g/mol. The minimum atomic E-state index is -0.326. The van der Waals surface area contributed by atoms with Crippen molar-refractivity contribution in [1.29, 1.82) is 0 Å². The SMILES string of the molecule is CCC(CC)NC(=O)c1cc(-c2cnc3[nH]cc(C(=O)C4(C)CCCCC4)c3n2)cs1. The van der Waals surface area contributed by atoms with Crippen LogP contribution in [0.4, 0.5) is 0 Å². The number of thiophene rings is 1. The maximum atomic E-state index is 13.4. The summed E-state index contributed by atoms with van der Waals surface area (Å²) in [5.74, 6) is 0.0992. The third-order valence-corrected chi connectivity index (χ3v) is 7.50. The van der Waals surface area contributed by atoms with Gasteiger partial charge in [0.2, 0.25) is 0 Å². The summed E-state index contributed by atoms with van der Waals surface area (Å²) in [6, 6.07) is 2.04. The summed E-state index contributed by atoms with van der Waals surface area (Å²) in [6.45, 7) is 6.22. The van der Waals surface area contributed by atoms with Crippen LogP contribution in [0.1, 0.15) is 85.7 Å². The van der Waals surface area contributed by atoms with Gasteiger partial charge in [0.25, 0.3) is 5.91 Å². The molecular weight excluding hydrogens is 408 g/mol. The number of Topliss-reactive ketones (excluding diaryl/α,β-unsaturated/α-hetero) is 1. The van der Waals surface area contributed by atoms with E-state index in [2.05, 4.69) is 36.1 Å². The lowest BCUT2D eigenvalue weighted by Crippen LogP contribution is -2.33. The number of carbonyl (C=O) groups is 2. The molecule has 1 aliphatic carbocycles. The number of carbonyl (C=O) groups excluding carboxylic acids is 2. The summed E-state index contributed by atoms with van der Waals surface area (Å²) < 4.78 is 0. The summed E-state index contributed by atoms with van der Waals surface area (Å²) in [4.78, 5) is 38.9. The van der Waals surface area contributed by atoms with Crippen LogP contribution in [0.5, 0.6) is 0 Å². The van der Waals surface area contributed by atoms with E-state index in [1.165, 1.54) is 17.8 Å². The first-order valence-corrected chi connectivity index (χ1v) is 12.1. The molecule has 3 aromatic heterocycles. The van der Waals surface area contributed by atoms with E-state index in [1.807, 2.05) is 11.4 Å². The molecule has 6 nitrogen and oxygen atoms in total. The molecule has 164 valence electrons. The van der Waals surface area contributed by atoms with Crippen molar-refractivity contribution in [2.45, 2.75) is 71.8 Å². The van der Waals surface area contributed by atoms with Crippen molar-refractivity contribution in [3.8, 4) is 11.3 Å². The summed E-state index contributed by atoms with van der Waals surface area (Å²) in [6.07, 6.45) is 10.5. The van der Waals surface area contributed by atoms with E-state index in [-0.39, 0.29) is 23.1 Å². The lowest BCUT2D eigenvalue weighted by molar-refractivity contribution is 0.0751. The Morgan fingerprint density at radius 3 is 2.68 bits per heavy atom. The molecular formula is C24H30N4O2S. The predicted octanol–water partition coefficient (Wildman–Crippen LogP) is 5.76. The summed E-state index contributed by atoms with van der Waals surface area (Å²) >= 11 is 1.40. The molecule has 0 unspecified atom stereocenters. The molecule has 1 fully saturated rings. The number of hydrogen-bond donors (Lipinski definition) is 2. The quantitative estimate of drug-likeness (QED) is 0.459. The first-order chi connectivity index (χ1) is 14.9. The van der Waals surface area contributed by atoms with Crippen LogP contribution in [-0.2, 0) is 0 Å². The standard InChI is InChI=1S/C24H30N4O2S/c1-4-16(5-2)27-23(30)19-11-15(14-31-19)18-13-26-22-20(28-18)17(12-25-22)21(29)24(3)9-7-6-8-10-24/h11-14,16H,4-10H2,1-3H3,(H,25,26)(H,27,30). The fraction of sp³-hybridized carbons (Fsp3) is 0.500. The van der Waals surface area contributed by atoms with Gasteiger partial charge in [-0.2, -0.15) is 0 Å². The Labute approximate surface area is 186 Å². The number of amides is 1. The fourth-order valence-corrected chi connectivity index (χ4v) is 5.23. The van der Waals surface area contributed by atoms with Gasteiger partial charge < -0.3 is 10.3 Å². The number of aromatic amines is 1.